The Kier molecular flexibility index (Phi) is 2.80. The molecule has 0 saturated carbocycles. The zero-order chi connectivity index (χ0) is 11.9. The van der Waals surface area contributed by atoms with Gasteiger partial charge in [-0.3, -0.25) is 0 Å². The Morgan fingerprint density at radius 2 is 1.87 bits per heavy atom. The predicted octanol–water partition coefficient (Wildman–Crippen LogP) is 0.900. The van der Waals surface area contributed by atoms with Gasteiger partial charge in [-0.1, -0.05) is 0 Å². The molecule has 0 aliphatic rings. The summed E-state index contributed by atoms with van der Waals surface area (Å²) in [4.78, 5) is 0.115. The molecule has 4 nitrogen and oxygen atoms in total. The van der Waals surface area contributed by atoms with Gasteiger partial charge in [-0.25, -0.2) is 8.42 Å². The fourth-order valence-corrected chi connectivity index (χ4v) is 2.37. The number of aliphatic hydroxyl groups is 1. The standard InChI is InChI=1S/C10H15NO3S/c1-10(2,12)8-6-7(11)4-5-9(8)15(3,13)14/h4-6,12H,11H2,1-3H3. The van der Waals surface area contributed by atoms with Crippen molar-refractivity contribution in [2.75, 3.05) is 12.0 Å². The lowest BCUT2D eigenvalue weighted by Gasteiger charge is -2.21. The second-order valence-electron chi connectivity index (χ2n) is 4.09. The van der Waals surface area contributed by atoms with Crippen LogP contribution in [0.25, 0.3) is 0 Å². The fraction of sp³-hybridized carbons (Fsp3) is 0.400. The van der Waals surface area contributed by atoms with Gasteiger partial charge in [0.05, 0.1) is 10.5 Å². The molecule has 0 fully saturated rings. The van der Waals surface area contributed by atoms with Crippen LogP contribution in [0.2, 0.25) is 0 Å². The molecule has 1 aromatic rings. The summed E-state index contributed by atoms with van der Waals surface area (Å²) in [6.07, 6.45) is 1.10. The van der Waals surface area contributed by atoms with E-state index < -0.39 is 15.4 Å². The van der Waals surface area contributed by atoms with Crippen molar-refractivity contribution in [1.29, 1.82) is 0 Å². The maximum Gasteiger partial charge on any atom is 0.175 e. The Bertz CT molecular complexity index is 472. The third kappa shape index (κ3) is 2.70. The van der Waals surface area contributed by atoms with Gasteiger partial charge in [0.25, 0.3) is 0 Å². The third-order valence-corrected chi connectivity index (χ3v) is 3.22. The number of nitrogen functional groups attached to an aromatic ring is 1. The highest BCUT2D eigenvalue weighted by Crippen LogP contribution is 2.28. The number of nitrogens with two attached hydrogens (primary N) is 1. The molecule has 0 bridgehead atoms. The Balaban J connectivity index is 3.55. The van der Waals surface area contributed by atoms with Gasteiger partial charge in [-0.05, 0) is 32.0 Å². The third-order valence-electron chi connectivity index (χ3n) is 2.06. The maximum atomic E-state index is 11.5. The molecule has 0 aromatic heterocycles. The van der Waals surface area contributed by atoms with E-state index in [0.29, 0.717) is 11.3 Å². The molecule has 5 heteroatoms. The van der Waals surface area contributed by atoms with E-state index in [2.05, 4.69) is 0 Å². The van der Waals surface area contributed by atoms with Gasteiger partial charge in [0, 0.05) is 17.5 Å². The quantitative estimate of drug-likeness (QED) is 0.738. The van der Waals surface area contributed by atoms with Gasteiger partial charge in [0.1, 0.15) is 0 Å². The number of sulfone groups is 1. The van der Waals surface area contributed by atoms with Crippen LogP contribution in [0, 0.1) is 0 Å². The van der Waals surface area contributed by atoms with Crippen molar-refractivity contribution in [2.45, 2.75) is 24.3 Å². The van der Waals surface area contributed by atoms with Crippen LogP contribution in [0.5, 0.6) is 0 Å². The molecule has 0 amide bonds. The zero-order valence-corrected chi connectivity index (χ0v) is 9.80. The van der Waals surface area contributed by atoms with Crippen LogP contribution in [0.1, 0.15) is 19.4 Å². The summed E-state index contributed by atoms with van der Waals surface area (Å²) in [6.45, 7) is 3.05. The summed E-state index contributed by atoms with van der Waals surface area (Å²) in [5.41, 5.74) is 5.09. The summed E-state index contributed by atoms with van der Waals surface area (Å²) < 4.78 is 22.9. The maximum absolute atomic E-state index is 11.5. The molecule has 3 N–H and O–H groups in total. The highest BCUT2D eigenvalue weighted by molar-refractivity contribution is 7.90. The number of benzene rings is 1. The van der Waals surface area contributed by atoms with E-state index in [9.17, 15) is 13.5 Å². The van der Waals surface area contributed by atoms with Crippen molar-refractivity contribution < 1.29 is 13.5 Å². The Hall–Kier alpha value is -1.07. The summed E-state index contributed by atoms with van der Waals surface area (Å²) in [5, 5.41) is 9.84. The van der Waals surface area contributed by atoms with E-state index >= 15 is 0 Å². The number of rotatable bonds is 2. The molecule has 1 aromatic carbocycles. The first-order chi connectivity index (χ1) is 6.62. The molecule has 1 rings (SSSR count). The smallest absolute Gasteiger partial charge is 0.175 e. The monoisotopic (exact) mass is 229 g/mol. The van der Waals surface area contributed by atoms with Crippen LogP contribution in [-0.2, 0) is 15.4 Å². The first kappa shape index (κ1) is 12.0. The molecule has 84 valence electrons. The van der Waals surface area contributed by atoms with Gasteiger partial charge >= 0.3 is 0 Å². The average molecular weight is 229 g/mol. The summed E-state index contributed by atoms with van der Waals surface area (Å²) >= 11 is 0. The average Bonchev–Trinajstić information content (AvgIpc) is 2.00. The van der Waals surface area contributed by atoms with E-state index in [4.69, 9.17) is 5.73 Å². The molecule has 15 heavy (non-hydrogen) atoms. The van der Waals surface area contributed by atoms with Crippen molar-refractivity contribution in [1.82, 2.24) is 0 Å². The minimum Gasteiger partial charge on any atom is -0.399 e. The second kappa shape index (κ2) is 3.50. The van der Waals surface area contributed by atoms with E-state index in [-0.39, 0.29) is 4.90 Å². The number of anilines is 1. The summed E-state index contributed by atoms with van der Waals surface area (Å²) in [7, 11) is -3.35. The largest absolute Gasteiger partial charge is 0.399 e. The van der Waals surface area contributed by atoms with Crippen molar-refractivity contribution >= 4 is 15.5 Å². The molecule has 0 atom stereocenters. The SMILES string of the molecule is CC(C)(O)c1cc(N)ccc1S(C)(=O)=O. The molecular formula is C10H15NO3S. The van der Waals surface area contributed by atoms with Crippen LogP contribution < -0.4 is 5.73 Å². The van der Waals surface area contributed by atoms with Gasteiger partial charge in [-0.15, -0.1) is 0 Å². The van der Waals surface area contributed by atoms with Crippen molar-refractivity contribution in [2.24, 2.45) is 0 Å². The lowest BCUT2D eigenvalue weighted by molar-refractivity contribution is 0.0756. The second-order valence-corrected chi connectivity index (χ2v) is 6.07. The molecule has 0 aliphatic heterocycles. The summed E-state index contributed by atoms with van der Waals surface area (Å²) in [5.74, 6) is 0. The van der Waals surface area contributed by atoms with Gasteiger partial charge in [0.2, 0.25) is 0 Å². The van der Waals surface area contributed by atoms with Gasteiger partial charge in [0.15, 0.2) is 9.84 Å². The van der Waals surface area contributed by atoms with E-state index in [1.165, 1.54) is 32.0 Å². The number of hydrogen-bond donors (Lipinski definition) is 2. The summed E-state index contributed by atoms with van der Waals surface area (Å²) in [6, 6.07) is 4.40. The highest BCUT2D eigenvalue weighted by Gasteiger charge is 2.24. The lowest BCUT2D eigenvalue weighted by Crippen LogP contribution is -2.20. The van der Waals surface area contributed by atoms with E-state index in [1.54, 1.807) is 0 Å². The van der Waals surface area contributed by atoms with Crippen molar-refractivity contribution in [3.05, 3.63) is 23.8 Å². The van der Waals surface area contributed by atoms with Crippen LogP contribution in [0.3, 0.4) is 0 Å². The van der Waals surface area contributed by atoms with Crippen molar-refractivity contribution in [3.63, 3.8) is 0 Å². The Morgan fingerprint density at radius 3 is 2.27 bits per heavy atom. The van der Waals surface area contributed by atoms with E-state index in [1.807, 2.05) is 0 Å². The number of hydrogen-bond acceptors (Lipinski definition) is 4. The molecule has 0 radical (unpaired) electrons. The van der Waals surface area contributed by atoms with Crippen LogP contribution in [0.4, 0.5) is 5.69 Å². The fourth-order valence-electron chi connectivity index (χ4n) is 1.35. The topological polar surface area (TPSA) is 80.4 Å². The Labute approximate surface area is 89.7 Å². The minimum absolute atomic E-state index is 0.115. The minimum atomic E-state index is -3.35. The molecule has 0 heterocycles. The predicted molar refractivity (Wildman–Crippen MR) is 59.2 cm³/mol. The molecule has 0 saturated heterocycles. The van der Waals surface area contributed by atoms with Crippen molar-refractivity contribution in [3.8, 4) is 0 Å². The first-order valence-corrected chi connectivity index (χ1v) is 6.34. The van der Waals surface area contributed by atoms with Crippen LogP contribution in [0.15, 0.2) is 23.1 Å². The van der Waals surface area contributed by atoms with Crippen LogP contribution >= 0.6 is 0 Å². The molecule has 0 unspecified atom stereocenters. The Morgan fingerprint density at radius 1 is 1.33 bits per heavy atom. The molecular weight excluding hydrogens is 214 g/mol. The van der Waals surface area contributed by atoms with Crippen LogP contribution in [-0.4, -0.2) is 19.8 Å². The first-order valence-electron chi connectivity index (χ1n) is 4.45. The normalized spacial score (nSPS) is 12.8. The van der Waals surface area contributed by atoms with Gasteiger partial charge < -0.3 is 10.8 Å². The molecule has 0 aliphatic carbocycles. The van der Waals surface area contributed by atoms with E-state index in [0.717, 1.165) is 6.26 Å². The lowest BCUT2D eigenvalue weighted by atomic mass is 9.98. The zero-order valence-electron chi connectivity index (χ0n) is 8.98. The highest BCUT2D eigenvalue weighted by atomic mass is 32.2. The molecule has 0 spiro atoms. The van der Waals surface area contributed by atoms with Gasteiger partial charge in [-0.2, -0.15) is 0 Å².